The van der Waals surface area contributed by atoms with Gasteiger partial charge in [-0.3, -0.25) is 4.79 Å². The molecule has 0 radical (unpaired) electrons. The molecule has 1 fully saturated rings. The average molecular weight is 312 g/mol. The molecule has 2 rings (SSSR count). The quantitative estimate of drug-likeness (QED) is 0.907. The van der Waals surface area contributed by atoms with Gasteiger partial charge >= 0.3 is 5.97 Å². The summed E-state index contributed by atoms with van der Waals surface area (Å²) in [6, 6.07) is 6.76. The Morgan fingerprint density at radius 1 is 1.48 bits per heavy atom. The van der Waals surface area contributed by atoms with Crippen LogP contribution in [0, 0.1) is 0 Å². The lowest BCUT2D eigenvalue weighted by Gasteiger charge is -2.33. The summed E-state index contributed by atoms with van der Waals surface area (Å²) in [5, 5.41) is 9.98. The number of likely N-dealkylation sites (tertiary alicyclic amines) is 1. The minimum Gasteiger partial charge on any atom is -0.484 e. The first kappa shape index (κ1) is 15.6. The number of aliphatic carboxylic acids is 1. The van der Waals surface area contributed by atoms with Crippen LogP contribution in [-0.4, -0.2) is 40.6 Å². The van der Waals surface area contributed by atoms with Crippen molar-refractivity contribution in [3.8, 4) is 5.75 Å². The van der Waals surface area contributed by atoms with Gasteiger partial charge in [0.2, 0.25) is 0 Å². The molecule has 1 unspecified atom stereocenters. The number of carbonyl (C=O) groups excluding carboxylic acids is 1. The molecule has 6 heteroatoms. The number of carboxylic acids is 1. The SMILES string of the molecule is CCC1(C(=O)O)CCCN1C(=O)COc1cccc(Cl)c1. The second kappa shape index (κ2) is 6.35. The Morgan fingerprint density at radius 3 is 2.86 bits per heavy atom. The highest BCUT2D eigenvalue weighted by Crippen LogP contribution is 2.33. The first-order valence-corrected chi connectivity index (χ1v) is 7.29. The Hall–Kier alpha value is -1.75. The highest BCUT2D eigenvalue weighted by molar-refractivity contribution is 6.30. The van der Waals surface area contributed by atoms with E-state index in [1.54, 1.807) is 31.2 Å². The zero-order valence-corrected chi connectivity index (χ0v) is 12.6. The number of carbonyl (C=O) groups is 2. The zero-order valence-electron chi connectivity index (χ0n) is 11.8. The van der Waals surface area contributed by atoms with Crippen molar-refractivity contribution in [1.82, 2.24) is 4.90 Å². The highest BCUT2D eigenvalue weighted by Gasteiger charge is 2.48. The molecule has 21 heavy (non-hydrogen) atoms. The van der Waals surface area contributed by atoms with E-state index in [0.29, 0.717) is 36.6 Å². The summed E-state index contributed by atoms with van der Waals surface area (Å²) in [4.78, 5) is 25.3. The second-order valence-electron chi connectivity index (χ2n) is 5.09. The van der Waals surface area contributed by atoms with E-state index in [2.05, 4.69) is 0 Å². The first-order valence-electron chi connectivity index (χ1n) is 6.92. The van der Waals surface area contributed by atoms with Crippen molar-refractivity contribution in [2.24, 2.45) is 0 Å². The molecule has 0 saturated carbocycles. The Labute approximate surface area is 128 Å². The summed E-state index contributed by atoms with van der Waals surface area (Å²) in [6.07, 6.45) is 1.58. The molecule has 0 bridgehead atoms. The smallest absolute Gasteiger partial charge is 0.329 e. The molecule has 1 atom stereocenters. The van der Waals surface area contributed by atoms with E-state index in [-0.39, 0.29) is 12.5 Å². The molecule has 0 aliphatic carbocycles. The van der Waals surface area contributed by atoms with Gasteiger partial charge in [0, 0.05) is 11.6 Å². The average Bonchev–Trinajstić information content (AvgIpc) is 2.90. The molecule has 5 nitrogen and oxygen atoms in total. The number of hydrogen-bond donors (Lipinski definition) is 1. The van der Waals surface area contributed by atoms with Gasteiger partial charge in [0.05, 0.1) is 0 Å². The van der Waals surface area contributed by atoms with E-state index in [9.17, 15) is 14.7 Å². The maximum atomic E-state index is 12.3. The van der Waals surface area contributed by atoms with Gasteiger partial charge in [0.25, 0.3) is 5.91 Å². The summed E-state index contributed by atoms with van der Waals surface area (Å²) >= 11 is 5.84. The monoisotopic (exact) mass is 311 g/mol. The molecule has 1 aliphatic rings. The third kappa shape index (κ3) is 3.13. The third-order valence-electron chi connectivity index (χ3n) is 3.93. The molecule has 1 heterocycles. The van der Waals surface area contributed by atoms with Crippen LogP contribution in [-0.2, 0) is 9.59 Å². The molecule has 1 aromatic carbocycles. The van der Waals surface area contributed by atoms with Crippen LogP contribution >= 0.6 is 11.6 Å². The number of benzene rings is 1. The molecule has 1 aromatic rings. The van der Waals surface area contributed by atoms with Gasteiger partial charge in [-0.1, -0.05) is 24.6 Å². The van der Waals surface area contributed by atoms with Crippen molar-refractivity contribution in [3.63, 3.8) is 0 Å². The summed E-state index contributed by atoms with van der Waals surface area (Å²) < 4.78 is 5.41. The fourth-order valence-electron chi connectivity index (χ4n) is 2.76. The standard InChI is InChI=1S/C15H18ClNO4/c1-2-15(14(19)20)7-4-8-17(15)13(18)10-21-12-6-3-5-11(16)9-12/h3,5-6,9H,2,4,7-8,10H2,1H3,(H,19,20). The Bertz CT molecular complexity index is 548. The third-order valence-corrected chi connectivity index (χ3v) is 4.17. The van der Waals surface area contributed by atoms with Crippen molar-refractivity contribution in [2.45, 2.75) is 31.7 Å². The molecule has 114 valence electrons. The number of nitrogens with zero attached hydrogens (tertiary/aromatic N) is 1. The molecule has 0 aromatic heterocycles. The van der Waals surface area contributed by atoms with E-state index in [1.807, 2.05) is 0 Å². The predicted octanol–water partition coefficient (Wildman–Crippen LogP) is 2.57. The largest absolute Gasteiger partial charge is 0.484 e. The number of rotatable bonds is 5. The molecular weight excluding hydrogens is 294 g/mol. The fraction of sp³-hybridized carbons (Fsp3) is 0.467. The summed E-state index contributed by atoms with van der Waals surface area (Å²) in [5.41, 5.74) is -1.09. The van der Waals surface area contributed by atoms with Gasteiger partial charge in [0.15, 0.2) is 6.61 Å². The van der Waals surface area contributed by atoms with Crippen LogP contribution in [0.25, 0.3) is 0 Å². The van der Waals surface area contributed by atoms with Crippen molar-refractivity contribution in [3.05, 3.63) is 29.3 Å². The number of ether oxygens (including phenoxy) is 1. The first-order chi connectivity index (χ1) is 9.99. The van der Waals surface area contributed by atoms with Gasteiger partial charge in [-0.2, -0.15) is 0 Å². The van der Waals surface area contributed by atoms with E-state index >= 15 is 0 Å². The van der Waals surface area contributed by atoms with Crippen LogP contribution in [0.1, 0.15) is 26.2 Å². The zero-order chi connectivity index (χ0) is 15.5. The van der Waals surface area contributed by atoms with Crippen LogP contribution in [0.2, 0.25) is 5.02 Å². The number of carboxylic acid groups (broad SMARTS) is 1. The molecule has 1 aliphatic heterocycles. The lowest BCUT2D eigenvalue weighted by molar-refractivity contribution is -0.157. The lowest BCUT2D eigenvalue weighted by atomic mass is 9.93. The maximum Gasteiger partial charge on any atom is 0.329 e. The predicted molar refractivity (Wildman–Crippen MR) is 78.6 cm³/mol. The number of hydrogen-bond acceptors (Lipinski definition) is 3. The van der Waals surface area contributed by atoms with Crippen LogP contribution in [0.15, 0.2) is 24.3 Å². The Balaban J connectivity index is 2.04. The highest BCUT2D eigenvalue weighted by atomic mass is 35.5. The molecule has 1 amide bonds. The molecule has 1 N–H and O–H groups in total. The minimum atomic E-state index is -1.09. The topological polar surface area (TPSA) is 66.8 Å². The summed E-state index contributed by atoms with van der Waals surface area (Å²) in [6.45, 7) is 2.06. The van der Waals surface area contributed by atoms with Crippen LogP contribution in [0.4, 0.5) is 0 Å². The fourth-order valence-corrected chi connectivity index (χ4v) is 2.94. The van der Waals surface area contributed by atoms with E-state index in [4.69, 9.17) is 16.3 Å². The van der Waals surface area contributed by atoms with E-state index in [1.165, 1.54) is 4.90 Å². The van der Waals surface area contributed by atoms with Gasteiger partial charge < -0.3 is 14.7 Å². The van der Waals surface area contributed by atoms with Gasteiger partial charge in [-0.15, -0.1) is 0 Å². The van der Waals surface area contributed by atoms with Gasteiger partial charge in [-0.05, 0) is 37.5 Å². The van der Waals surface area contributed by atoms with Crippen molar-refractivity contribution >= 4 is 23.5 Å². The minimum absolute atomic E-state index is 0.185. The number of halogens is 1. The summed E-state index contributed by atoms with van der Waals surface area (Å²) in [5.74, 6) is -0.761. The van der Waals surface area contributed by atoms with Crippen molar-refractivity contribution in [2.75, 3.05) is 13.2 Å². The lowest BCUT2D eigenvalue weighted by Crippen LogP contribution is -2.53. The van der Waals surface area contributed by atoms with Gasteiger partial charge in [-0.25, -0.2) is 4.79 Å². The molecule has 0 spiro atoms. The van der Waals surface area contributed by atoms with Crippen molar-refractivity contribution in [1.29, 1.82) is 0 Å². The number of amides is 1. The summed E-state index contributed by atoms with van der Waals surface area (Å²) in [7, 11) is 0. The van der Waals surface area contributed by atoms with E-state index < -0.39 is 11.5 Å². The molecular formula is C15H18ClNO4. The van der Waals surface area contributed by atoms with Crippen LogP contribution < -0.4 is 4.74 Å². The Kier molecular flexibility index (Phi) is 4.73. The van der Waals surface area contributed by atoms with Crippen molar-refractivity contribution < 1.29 is 19.4 Å². The molecule has 1 saturated heterocycles. The van der Waals surface area contributed by atoms with Crippen LogP contribution in [0.3, 0.4) is 0 Å². The van der Waals surface area contributed by atoms with E-state index in [0.717, 1.165) is 0 Å². The Morgan fingerprint density at radius 2 is 2.24 bits per heavy atom. The normalized spacial score (nSPS) is 21.3. The second-order valence-corrected chi connectivity index (χ2v) is 5.52. The van der Waals surface area contributed by atoms with Gasteiger partial charge in [0.1, 0.15) is 11.3 Å². The van der Waals surface area contributed by atoms with Crippen LogP contribution in [0.5, 0.6) is 5.75 Å². The maximum absolute atomic E-state index is 12.3.